The summed E-state index contributed by atoms with van der Waals surface area (Å²) in [5.74, 6) is 2.01. The molecule has 0 aliphatic heterocycles. The van der Waals surface area contributed by atoms with E-state index in [-0.39, 0.29) is 0 Å². The van der Waals surface area contributed by atoms with Crippen LogP contribution < -0.4 is 14.8 Å². The minimum absolute atomic E-state index is 0.410. The van der Waals surface area contributed by atoms with E-state index in [1.807, 2.05) is 30.3 Å². The summed E-state index contributed by atoms with van der Waals surface area (Å²) >= 11 is 3.39. The van der Waals surface area contributed by atoms with Crippen LogP contribution in [0.5, 0.6) is 11.6 Å². The number of halogens is 1. The molecule has 100 valence electrons. The highest BCUT2D eigenvalue weighted by Gasteiger charge is 2.08. The predicted octanol–water partition coefficient (Wildman–Crippen LogP) is 2.74. The zero-order chi connectivity index (χ0) is 13.5. The summed E-state index contributed by atoms with van der Waals surface area (Å²) in [6.07, 6.45) is 1.45. The first kappa shape index (κ1) is 13.6. The quantitative estimate of drug-likeness (QED) is 0.828. The molecular formula is C13H14BrN3O2. The molecule has 0 amide bonds. The van der Waals surface area contributed by atoms with Gasteiger partial charge < -0.3 is 14.8 Å². The van der Waals surface area contributed by atoms with E-state index >= 15 is 0 Å². The van der Waals surface area contributed by atoms with Crippen molar-refractivity contribution in [2.75, 3.05) is 25.6 Å². The van der Waals surface area contributed by atoms with Crippen molar-refractivity contribution in [1.29, 1.82) is 0 Å². The summed E-state index contributed by atoms with van der Waals surface area (Å²) in [5.41, 5.74) is 0. The third-order valence-corrected chi connectivity index (χ3v) is 3.04. The third-order valence-electron chi connectivity index (χ3n) is 2.33. The van der Waals surface area contributed by atoms with Gasteiger partial charge in [0.05, 0.1) is 0 Å². The van der Waals surface area contributed by atoms with Gasteiger partial charge >= 0.3 is 0 Å². The maximum atomic E-state index is 5.54. The highest BCUT2D eigenvalue weighted by atomic mass is 79.9. The minimum atomic E-state index is 0.410. The maximum Gasteiger partial charge on any atom is 0.233 e. The number of aromatic nitrogens is 2. The molecule has 5 nitrogen and oxygen atoms in total. The SMILES string of the molecule is CNc1ncnc(OCCOc2ccccc2)c1Br. The Morgan fingerprint density at radius 1 is 1.11 bits per heavy atom. The third kappa shape index (κ3) is 3.82. The molecule has 1 aromatic heterocycles. The molecule has 0 saturated heterocycles. The van der Waals surface area contributed by atoms with Gasteiger partial charge in [-0.25, -0.2) is 9.97 Å². The molecule has 1 heterocycles. The second-order valence-electron chi connectivity index (χ2n) is 3.60. The molecule has 0 aliphatic carbocycles. The minimum Gasteiger partial charge on any atom is -0.490 e. The number of hydrogen-bond donors (Lipinski definition) is 1. The van der Waals surface area contributed by atoms with Crippen molar-refractivity contribution < 1.29 is 9.47 Å². The summed E-state index contributed by atoms with van der Waals surface area (Å²) in [6, 6.07) is 9.60. The van der Waals surface area contributed by atoms with Crippen LogP contribution in [-0.2, 0) is 0 Å². The summed E-state index contributed by atoms with van der Waals surface area (Å²) in [6.45, 7) is 0.864. The van der Waals surface area contributed by atoms with E-state index in [2.05, 4.69) is 31.2 Å². The van der Waals surface area contributed by atoms with Gasteiger partial charge in [-0.1, -0.05) is 18.2 Å². The molecule has 0 saturated carbocycles. The molecule has 0 bridgehead atoms. The number of benzene rings is 1. The maximum absolute atomic E-state index is 5.54. The smallest absolute Gasteiger partial charge is 0.233 e. The average molecular weight is 324 g/mol. The van der Waals surface area contributed by atoms with E-state index in [0.29, 0.717) is 29.4 Å². The van der Waals surface area contributed by atoms with Gasteiger partial charge in [0.25, 0.3) is 0 Å². The Labute approximate surface area is 120 Å². The summed E-state index contributed by atoms with van der Waals surface area (Å²) < 4.78 is 11.8. The fourth-order valence-corrected chi connectivity index (χ4v) is 1.96. The van der Waals surface area contributed by atoms with Gasteiger partial charge in [0.1, 0.15) is 35.6 Å². The molecule has 0 aliphatic rings. The molecular weight excluding hydrogens is 310 g/mol. The van der Waals surface area contributed by atoms with E-state index in [1.165, 1.54) is 6.33 Å². The summed E-state index contributed by atoms with van der Waals surface area (Å²) in [7, 11) is 1.79. The molecule has 19 heavy (non-hydrogen) atoms. The van der Waals surface area contributed by atoms with Gasteiger partial charge in [-0.15, -0.1) is 0 Å². The molecule has 0 radical (unpaired) electrons. The zero-order valence-electron chi connectivity index (χ0n) is 10.5. The Bertz CT molecular complexity index is 523. The van der Waals surface area contributed by atoms with Crippen molar-refractivity contribution in [3.63, 3.8) is 0 Å². The highest BCUT2D eigenvalue weighted by molar-refractivity contribution is 9.10. The zero-order valence-corrected chi connectivity index (χ0v) is 12.1. The number of nitrogens with zero attached hydrogens (tertiary/aromatic N) is 2. The first-order valence-electron chi connectivity index (χ1n) is 5.80. The van der Waals surface area contributed by atoms with Gasteiger partial charge in [0.15, 0.2) is 0 Å². The second-order valence-corrected chi connectivity index (χ2v) is 4.39. The van der Waals surface area contributed by atoms with Crippen LogP contribution in [0.15, 0.2) is 41.1 Å². The fourth-order valence-electron chi connectivity index (χ4n) is 1.44. The van der Waals surface area contributed by atoms with Gasteiger partial charge in [0.2, 0.25) is 5.88 Å². The summed E-state index contributed by atoms with van der Waals surface area (Å²) in [5, 5.41) is 2.94. The van der Waals surface area contributed by atoms with Gasteiger partial charge in [0, 0.05) is 7.05 Å². The van der Waals surface area contributed by atoms with Crippen LogP contribution in [-0.4, -0.2) is 30.2 Å². The number of para-hydroxylation sites is 1. The fraction of sp³-hybridized carbons (Fsp3) is 0.231. The Morgan fingerprint density at radius 3 is 2.58 bits per heavy atom. The van der Waals surface area contributed by atoms with Crippen LogP contribution >= 0.6 is 15.9 Å². The van der Waals surface area contributed by atoms with Crippen LogP contribution in [0, 0.1) is 0 Å². The van der Waals surface area contributed by atoms with Crippen molar-refractivity contribution in [2.45, 2.75) is 0 Å². The molecule has 0 spiro atoms. The van der Waals surface area contributed by atoms with Crippen LogP contribution in [0.3, 0.4) is 0 Å². The lowest BCUT2D eigenvalue weighted by atomic mass is 10.3. The van der Waals surface area contributed by atoms with Crippen molar-refractivity contribution in [3.05, 3.63) is 41.1 Å². The molecule has 6 heteroatoms. The van der Waals surface area contributed by atoms with E-state index in [0.717, 1.165) is 5.75 Å². The number of rotatable bonds is 6. The molecule has 1 aromatic carbocycles. The van der Waals surface area contributed by atoms with E-state index in [1.54, 1.807) is 7.05 Å². The highest BCUT2D eigenvalue weighted by Crippen LogP contribution is 2.27. The Balaban J connectivity index is 1.83. The van der Waals surface area contributed by atoms with Gasteiger partial charge in [-0.05, 0) is 28.1 Å². The lowest BCUT2D eigenvalue weighted by molar-refractivity contribution is 0.211. The number of anilines is 1. The van der Waals surface area contributed by atoms with Crippen LogP contribution in [0.4, 0.5) is 5.82 Å². The first-order valence-corrected chi connectivity index (χ1v) is 6.59. The van der Waals surface area contributed by atoms with E-state index in [9.17, 15) is 0 Å². The topological polar surface area (TPSA) is 56.3 Å². The molecule has 0 atom stereocenters. The Kier molecular flexibility index (Phi) is 4.97. The molecule has 0 unspecified atom stereocenters. The lowest BCUT2D eigenvalue weighted by Crippen LogP contribution is -2.10. The van der Waals surface area contributed by atoms with Crippen molar-refractivity contribution in [2.24, 2.45) is 0 Å². The van der Waals surface area contributed by atoms with Gasteiger partial charge in [-0.3, -0.25) is 0 Å². The van der Waals surface area contributed by atoms with E-state index in [4.69, 9.17) is 9.47 Å². The van der Waals surface area contributed by atoms with Crippen LogP contribution in [0.1, 0.15) is 0 Å². The molecule has 2 aromatic rings. The molecule has 1 N–H and O–H groups in total. The Morgan fingerprint density at radius 2 is 1.84 bits per heavy atom. The number of nitrogens with one attached hydrogen (secondary N) is 1. The molecule has 0 fully saturated rings. The van der Waals surface area contributed by atoms with Gasteiger partial charge in [-0.2, -0.15) is 0 Å². The van der Waals surface area contributed by atoms with Crippen molar-refractivity contribution in [3.8, 4) is 11.6 Å². The predicted molar refractivity (Wildman–Crippen MR) is 76.7 cm³/mol. The normalized spacial score (nSPS) is 10.0. The molecule has 2 rings (SSSR count). The van der Waals surface area contributed by atoms with Crippen molar-refractivity contribution in [1.82, 2.24) is 9.97 Å². The monoisotopic (exact) mass is 323 g/mol. The largest absolute Gasteiger partial charge is 0.490 e. The van der Waals surface area contributed by atoms with E-state index < -0.39 is 0 Å². The standard InChI is InChI=1S/C13H14BrN3O2/c1-15-12-11(14)13(17-9-16-12)19-8-7-18-10-5-3-2-4-6-10/h2-6,9H,7-8H2,1H3,(H,15,16,17). The van der Waals surface area contributed by atoms with Crippen molar-refractivity contribution >= 4 is 21.7 Å². The van der Waals surface area contributed by atoms with Crippen LogP contribution in [0.2, 0.25) is 0 Å². The number of hydrogen-bond acceptors (Lipinski definition) is 5. The summed E-state index contributed by atoms with van der Waals surface area (Å²) in [4.78, 5) is 8.11. The lowest BCUT2D eigenvalue weighted by Gasteiger charge is -2.10. The first-order chi connectivity index (χ1) is 9.31. The van der Waals surface area contributed by atoms with Crippen LogP contribution in [0.25, 0.3) is 0 Å². The second kappa shape index (κ2) is 6.94. The Hall–Kier alpha value is -1.82. The number of ether oxygens (including phenoxy) is 2. The average Bonchev–Trinajstić information content (AvgIpc) is 2.46.